The van der Waals surface area contributed by atoms with Gasteiger partial charge in [0, 0.05) is 6.42 Å². The van der Waals surface area contributed by atoms with Gasteiger partial charge >= 0.3 is 18.2 Å². The van der Waals surface area contributed by atoms with E-state index in [1.165, 1.54) is 12.1 Å². The van der Waals surface area contributed by atoms with Crippen LogP contribution in [0.15, 0.2) is 18.2 Å². The van der Waals surface area contributed by atoms with Crippen LogP contribution < -0.4 is 10.1 Å². The minimum Gasteiger partial charge on any atom is -0.481 e. The van der Waals surface area contributed by atoms with Gasteiger partial charge in [-0.25, -0.2) is 14.0 Å². The lowest BCUT2D eigenvalue weighted by Crippen LogP contribution is -2.44. The lowest BCUT2D eigenvalue weighted by Gasteiger charge is -2.22. The summed E-state index contributed by atoms with van der Waals surface area (Å²) in [4.78, 5) is 23.1. The fourth-order valence-electron chi connectivity index (χ4n) is 1.90. The molecule has 1 unspecified atom stereocenters. The van der Waals surface area contributed by atoms with Gasteiger partial charge in [-0.05, 0) is 32.4 Å². The predicted molar refractivity (Wildman–Crippen MR) is 82.4 cm³/mol. The van der Waals surface area contributed by atoms with Gasteiger partial charge in [-0.3, -0.25) is 0 Å². The molecule has 0 aromatic heterocycles. The molecule has 0 spiro atoms. The molecule has 146 valence electrons. The second kappa shape index (κ2) is 8.24. The van der Waals surface area contributed by atoms with E-state index in [1.54, 1.807) is 20.8 Å². The number of alkyl carbamates (subject to hydrolysis) is 1. The van der Waals surface area contributed by atoms with Crippen LogP contribution in [-0.2, 0) is 16.0 Å². The SMILES string of the molecule is CC(C)(C)OC(=O)NC(Cc1cccc(F)c1OCC(F)(F)F)C(=O)O. The van der Waals surface area contributed by atoms with E-state index in [2.05, 4.69) is 10.1 Å². The maximum absolute atomic E-state index is 13.8. The summed E-state index contributed by atoms with van der Waals surface area (Å²) < 4.78 is 60.1. The largest absolute Gasteiger partial charge is 0.481 e. The number of carbonyl (C=O) groups is 2. The number of carboxylic acids is 1. The number of hydrogen-bond donors (Lipinski definition) is 2. The van der Waals surface area contributed by atoms with Crippen molar-refractivity contribution in [1.82, 2.24) is 5.32 Å². The van der Waals surface area contributed by atoms with Crippen molar-refractivity contribution in [3.8, 4) is 5.75 Å². The summed E-state index contributed by atoms with van der Waals surface area (Å²) in [6.07, 6.45) is -6.22. The number of carbonyl (C=O) groups excluding carboxylic acids is 1. The third-order valence-electron chi connectivity index (χ3n) is 2.84. The van der Waals surface area contributed by atoms with Crippen molar-refractivity contribution in [2.45, 2.75) is 45.0 Å². The van der Waals surface area contributed by atoms with Gasteiger partial charge in [0.1, 0.15) is 11.6 Å². The highest BCUT2D eigenvalue weighted by Gasteiger charge is 2.30. The van der Waals surface area contributed by atoms with Crippen molar-refractivity contribution in [2.75, 3.05) is 6.61 Å². The third kappa shape index (κ3) is 7.58. The fourth-order valence-corrected chi connectivity index (χ4v) is 1.90. The molecule has 0 aliphatic carbocycles. The van der Waals surface area contributed by atoms with Gasteiger partial charge in [0.25, 0.3) is 0 Å². The number of benzene rings is 1. The van der Waals surface area contributed by atoms with Crippen LogP contribution in [0.3, 0.4) is 0 Å². The molecule has 1 aromatic rings. The van der Waals surface area contributed by atoms with E-state index in [0.717, 1.165) is 6.07 Å². The van der Waals surface area contributed by atoms with Crippen LogP contribution in [0.4, 0.5) is 22.4 Å². The lowest BCUT2D eigenvalue weighted by atomic mass is 10.0. The van der Waals surface area contributed by atoms with Crippen molar-refractivity contribution in [3.63, 3.8) is 0 Å². The summed E-state index contributed by atoms with van der Waals surface area (Å²) in [5, 5.41) is 11.3. The zero-order valence-electron chi connectivity index (χ0n) is 14.3. The number of carboxylic acid groups (broad SMARTS) is 1. The monoisotopic (exact) mass is 381 g/mol. The van der Waals surface area contributed by atoms with E-state index >= 15 is 0 Å². The summed E-state index contributed by atoms with van der Waals surface area (Å²) in [7, 11) is 0. The Kier molecular flexibility index (Phi) is 6.82. The van der Waals surface area contributed by atoms with Crippen LogP contribution in [0, 0.1) is 5.82 Å². The first-order valence-electron chi connectivity index (χ1n) is 7.48. The first-order valence-corrected chi connectivity index (χ1v) is 7.48. The van der Waals surface area contributed by atoms with Crippen molar-refractivity contribution in [1.29, 1.82) is 0 Å². The highest BCUT2D eigenvalue weighted by atomic mass is 19.4. The maximum atomic E-state index is 13.8. The minimum atomic E-state index is -4.69. The molecule has 10 heteroatoms. The maximum Gasteiger partial charge on any atom is 0.422 e. The average molecular weight is 381 g/mol. The van der Waals surface area contributed by atoms with E-state index in [9.17, 15) is 32.3 Å². The molecule has 2 N–H and O–H groups in total. The molecule has 6 nitrogen and oxygen atoms in total. The topological polar surface area (TPSA) is 84.9 Å². The van der Waals surface area contributed by atoms with Gasteiger partial charge in [0.05, 0.1) is 0 Å². The summed E-state index contributed by atoms with van der Waals surface area (Å²) in [6, 6.07) is 1.73. The van der Waals surface area contributed by atoms with Crippen molar-refractivity contribution < 1.29 is 41.7 Å². The van der Waals surface area contributed by atoms with Gasteiger partial charge in [-0.2, -0.15) is 13.2 Å². The molecular weight excluding hydrogens is 362 g/mol. The number of nitrogens with one attached hydrogen (secondary N) is 1. The summed E-state index contributed by atoms with van der Waals surface area (Å²) >= 11 is 0. The summed E-state index contributed by atoms with van der Waals surface area (Å²) in [5.41, 5.74) is -1.02. The molecule has 0 aliphatic heterocycles. The first kappa shape index (κ1) is 21.5. The molecule has 0 bridgehead atoms. The number of amides is 1. The standard InChI is InChI=1S/C16H19F4NO5/c1-15(2,3)26-14(24)21-11(13(22)23)7-9-5-4-6-10(17)12(9)25-8-16(18,19)20/h4-6,11H,7-8H2,1-3H3,(H,21,24)(H,22,23). The van der Waals surface area contributed by atoms with Gasteiger partial charge < -0.3 is 19.9 Å². The van der Waals surface area contributed by atoms with Gasteiger partial charge in [0.2, 0.25) is 0 Å². The summed E-state index contributed by atoms with van der Waals surface area (Å²) in [5.74, 6) is -3.27. The van der Waals surface area contributed by atoms with Crippen LogP contribution in [-0.4, -0.2) is 41.6 Å². The number of aliphatic carboxylic acids is 1. The quantitative estimate of drug-likeness (QED) is 0.739. The van der Waals surface area contributed by atoms with E-state index in [-0.39, 0.29) is 5.56 Å². The zero-order chi connectivity index (χ0) is 20.1. The van der Waals surface area contributed by atoms with E-state index in [4.69, 9.17) is 4.74 Å². The second-order valence-corrected chi connectivity index (χ2v) is 6.37. The van der Waals surface area contributed by atoms with Crippen LogP contribution in [0.2, 0.25) is 0 Å². The van der Waals surface area contributed by atoms with Gasteiger partial charge in [0.15, 0.2) is 18.2 Å². The van der Waals surface area contributed by atoms with E-state index in [1.807, 2.05) is 0 Å². The van der Waals surface area contributed by atoms with Crippen molar-refractivity contribution >= 4 is 12.1 Å². The molecule has 0 saturated carbocycles. The van der Waals surface area contributed by atoms with Gasteiger partial charge in [-0.15, -0.1) is 0 Å². The molecule has 1 rings (SSSR count). The van der Waals surface area contributed by atoms with Gasteiger partial charge in [-0.1, -0.05) is 12.1 Å². The first-order chi connectivity index (χ1) is 11.8. The third-order valence-corrected chi connectivity index (χ3v) is 2.84. The van der Waals surface area contributed by atoms with Crippen LogP contribution >= 0.6 is 0 Å². The molecular formula is C16H19F4NO5. The number of hydrogen-bond acceptors (Lipinski definition) is 4. The highest BCUT2D eigenvalue weighted by Crippen LogP contribution is 2.26. The van der Waals surface area contributed by atoms with E-state index in [0.29, 0.717) is 0 Å². The Morgan fingerprint density at radius 3 is 2.35 bits per heavy atom. The predicted octanol–water partition coefficient (Wildman–Crippen LogP) is 3.29. The Hall–Kier alpha value is -2.52. The van der Waals surface area contributed by atoms with Crippen LogP contribution in [0.5, 0.6) is 5.75 Å². The number of alkyl halides is 3. The smallest absolute Gasteiger partial charge is 0.422 e. The molecule has 0 fully saturated rings. The number of ether oxygens (including phenoxy) is 2. The summed E-state index contributed by atoms with van der Waals surface area (Å²) in [6.45, 7) is 2.96. The van der Waals surface area contributed by atoms with Crippen LogP contribution in [0.25, 0.3) is 0 Å². The molecule has 0 aliphatic rings. The average Bonchev–Trinajstić information content (AvgIpc) is 2.42. The number of para-hydroxylation sites is 1. The lowest BCUT2D eigenvalue weighted by molar-refractivity contribution is -0.154. The Bertz CT molecular complexity index is 655. The fraction of sp³-hybridized carbons (Fsp3) is 0.500. The molecule has 0 saturated heterocycles. The number of halogens is 4. The van der Waals surface area contributed by atoms with Crippen molar-refractivity contribution in [2.24, 2.45) is 0 Å². The van der Waals surface area contributed by atoms with Crippen molar-refractivity contribution in [3.05, 3.63) is 29.6 Å². The molecule has 1 atom stereocenters. The highest BCUT2D eigenvalue weighted by molar-refractivity contribution is 5.80. The zero-order valence-corrected chi connectivity index (χ0v) is 14.3. The normalized spacial score (nSPS) is 13.0. The Labute approximate surface area is 147 Å². The Morgan fingerprint density at radius 2 is 1.85 bits per heavy atom. The second-order valence-electron chi connectivity index (χ2n) is 6.37. The molecule has 1 amide bonds. The minimum absolute atomic E-state index is 0.141. The number of rotatable bonds is 6. The molecule has 1 aromatic carbocycles. The molecule has 0 radical (unpaired) electrons. The molecule has 0 heterocycles. The molecule has 26 heavy (non-hydrogen) atoms. The Balaban J connectivity index is 2.97. The van der Waals surface area contributed by atoms with Crippen LogP contribution in [0.1, 0.15) is 26.3 Å². The Morgan fingerprint density at radius 1 is 1.23 bits per heavy atom. The van der Waals surface area contributed by atoms with E-state index < -0.39 is 54.5 Å².